The standard InChI is InChI=1S/C36H35BrN4O2SSi/c1-36(2,3)32(43-45(28-16-7-5-8-17-28)29-18-9-6-10-19-29)25-14-13-15-27(22-25)41-33-26(23-38-34(39-33)44-4)24-40(35(41)42)31-21-12-11-20-30(31)37/h5-23,32,45H,24H2,1-4H3. The third-order valence-electron chi connectivity index (χ3n) is 7.80. The molecule has 1 atom stereocenters. The van der Waals surface area contributed by atoms with Crippen LogP contribution in [0, 0.1) is 5.41 Å². The van der Waals surface area contributed by atoms with Gasteiger partial charge in [0.2, 0.25) is 9.04 Å². The lowest BCUT2D eigenvalue weighted by molar-refractivity contribution is 0.0897. The Morgan fingerprint density at radius 3 is 2.16 bits per heavy atom. The lowest BCUT2D eigenvalue weighted by Crippen LogP contribution is -2.47. The first-order valence-electron chi connectivity index (χ1n) is 14.9. The molecule has 0 bridgehead atoms. The summed E-state index contributed by atoms with van der Waals surface area (Å²) in [6.45, 7) is 7.00. The van der Waals surface area contributed by atoms with Crippen LogP contribution in [-0.2, 0) is 11.0 Å². The van der Waals surface area contributed by atoms with E-state index in [1.165, 1.54) is 22.1 Å². The SMILES string of the molecule is CSc1ncc2c(n1)N(c1cccc(C(O[SiH](c3ccccc3)c3ccccc3)C(C)(C)C)c1)C(=O)N(c1ccccc1Br)C2. The number of nitrogens with zero attached hydrogens (tertiary/aromatic N) is 4. The van der Waals surface area contributed by atoms with Crippen molar-refractivity contribution in [2.24, 2.45) is 5.41 Å². The van der Waals surface area contributed by atoms with Crippen molar-refractivity contribution in [2.45, 2.75) is 38.6 Å². The van der Waals surface area contributed by atoms with Crippen LogP contribution in [0.15, 0.2) is 125 Å². The highest BCUT2D eigenvalue weighted by molar-refractivity contribution is 9.10. The molecule has 45 heavy (non-hydrogen) atoms. The minimum absolute atomic E-state index is 0.175. The van der Waals surface area contributed by atoms with E-state index in [9.17, 15) is 4.79 Å². The maximum atomic E-state index is 14.4. The van der Waals surface area contributed by atoms with E-state index in [4.69, 9.17) is 9.41 Å². The number of hydrogen-bond donors (Lipinski definition) is 0. The number of thioether (sulfide) groups is 1. The molecule has 6 rings (SSSR count). The van der Waals surface area contributed by atoms with Gasteiger partial charge in [0.1, 0.15) is 0 Å². The highest BCUT2D eigenvalue weighted by Gasteiger charge is 2.37. The first-order valence-corrected chi connectivity index (χ1v) is 18.5. The Bertz CT molecular complexity index is 1760. The molecule has 1 aliphatic rings. The molecule has 0 radical (unpaired) electrons. The minimum Gasteiger partial charge on any atom is -0.403 e. The summed E-state index contributed by atoms with van der Waals surface area (Å²) in [6, 6.07) is 36.8. The first-order chi connectivity index (χ1) is 21.7. The number of aromatic nitrogens is 2. The van der Waals surface area contributed by atoms with E-state index in [1.54, 1.807) is 9.80 Å². The highest BCUT2D eigenvalue weighted by atomic mass is 79.9. The average molecular weight is 696 g/mol. The van der Waals surface area contributed by atoms with Crippen molar-refractivity contribution in [2.75, 3.05) is 16.1 Å². The Morgan fingerprint density at radius 1 is 0.889 bits per heavy atom. The van der Waals surface area contributed by atoms with Gasteiger partial charge in [0.15, 0.2) is 11.0 Å². The van der Waals surface area contributed by atoms with Crippen molar-refractivity contribution >= 4 is 70.3 Å². The normalized spacial score (nSPS) is 14.0. The van der Waals surface area contributed by atoms with E-state index in [0.717, 1.165) is 27.0 Å². The monoisotopic (exact) mass is 694 g/mol. The largest absolute Gasteiger partial charge is 0.403 e. The van der Waals surface area contributed by atoms with E-state index < -0.39 is 9.04 Å². The second-order valence-electron chi connectivity index (χ2n) is 12.0. The number of benzene rings is 4. The second-order valence-corrected chi connectivity index (χ2v) is 16.0. The van der Waals surface area contributed by atoms with Crippen LogP contribution < -0.4 is 20.2 Å². The minimum atomic E-state index is -2.08. The van der Waals surface area contributed by atoms with Crippen molar-refractivity contribution in [3.05, 3.63) is 131 Å². The molecule has 0 N–H and O–H groups in total. The van der Waals surface area contributed by atoms with Crippen molar-refractivity contribution in [1.82, 2.24) is 9.97 Å². The number of fused-ring (bicyclic) bond motifs is 1. The third kappa shape index (κ3) is 6.62. The van der Waals surface area contributed by atoms with Crippen LogP contribution in [0.2, 0.25) is 0 Å². The van der Waals surface area contributed by atoms with E-state index in [2.05, 4.69) is 102 Å². The summed E-state index contributed by atoms with van der Waals surface area (Å²) in [7, 11) is -2.08. The second kappa shape index (κ2) is 13.3. The zero-order valence-corrected chi connectivity index (χ0v) is 29.3. The molecule has 0 fully saturated rings. The van der Waals surface area contributed by atoms with Crippen LogP contribution >= 0.6 is 27.7 Å². The smallest absolute Gasteiger partial charge is 0.335 e. The number of rotatable bonds is 8. The summed E-state index contributed by atoms with van der Waals surface area (Å²) in [6.07, 6.45) is 3.54. The molecule has 1 aromatic heterocycles. The van der Waals surface area contributed by atoms with E-state index in [-0.39, 0.29) is 17.6 Å². The molecule has 228 valence electrons. The Hall–Kier alpha value is -3.76. The number of carbonyl (C=O) groups is 1. The molecule has 2 heterocycles. The summed E-state index contributed by atoms with van der Waals surface area (Å²) < 4.78 is 8.09. The first kappa shape index (κ1) is 31.2. The summed E-state index contributed by atoms with van der Waals surface area (Å²) in [5.74, 6) is 0.605. The van der Waals surface area contributed by atoms with Crippen LogP contribution in [0.4, 0.5) is 22.0 Å². The molecule has 0 aliphatic carbocycles. The molecule has 4 aromatic carbocycles. The molecule has 5 aromatic rings. The number of hydrogen-bond acceptors (Lipinski definition) is 5. The zero-order valence-electron chi connectivity index (χ0n) is 25.7. The number of urea groups is 1. The average Bonchev–Trinajstić information content (AvgIpc) is 3.05. The molecular formula is C36H35BrN4O2SSi. The van der Waals surface area contributed by atoms with E-state index in [0.29, 0.717) is 17.5 Å². The summed E-state index contributed by atoms with van der Waals surface area (Å²) in [5, 5.41) is 3.06. The van der Waals surface area contributed by atoms with Crippen molar-refractivity contribution < 1.29 is 9.22 Å². The van der Waals surface area contributed by atoms with Crippen LogP contribution in [0.3, 0.4) is 0 Å². The molecule has 6 nitrogen and oxygen atoms in total. The fraction of sp³-hybridized carbons (Fsp3) is 0.194. The predicted molar refractivity (Wildman–Crippen MR) is 191 cm³/mol. The van der Waals surface area contributed by atoms with Crippen LogP contribution in [0.25, 0.3) is 0 Å². The maximum absolute atomic E-state index is 14.4. The number of para-hydroxylation sites is 1. The third-order valence-corrected chi connectivity index (χ3v) is 11.6. The molecular weight excluding hydrogens is 660 g/mol. The van der Waals surface area contributed by atoms with Gasteiger partial charge in [-0.1, -0.05) is 117 Å². The number of anilines is 3. The molecule has 1 unspecified atom stereocenters. The Balaban J connectivity index is 1.44. The highest BCUT2D eigenvalue weighted by Crippen LogP contribution is 2.41. The van der Waals surface area contributed by atoms with E-state index >= 15 is 0 Å². The van der Waals surface area contributed by atoms with Gasteiger partial charge < -0.3 is 4.43 Å². The summed E-state index contributed by atoms with van der Waals surface area (Å²) in [4.78, 5) is 27.3. The molecule has 9 heteroatoms. The molecule has 0 saturated carbocycles. The van der Waals surface area contributed by atoms with Crippen LogP contribution in [0.1, 0.15) is 38.0 Å². The lowest BCUT2D eigenvalue weighted by atomic mass is 9.84. The van der Waals surface area contributed by atoms with Gasteiger partial charge in [-0.3, -0.25) is 4.90 Å². The lowest BCUT2D eigenvalue weighted by Gasteiger charge is -2.38. The molecule has 0 saturated heterocycles. The quantitative estimate of drug-likeness (QED) is 0.0940. The number of carbonyl (C=O) groups excluding carboxylic acids is 1. The van der Waals surface area contributed by atoms with Crippen LogP contribution in [0.5, 0.6) is 0 Å². The Morgan fingerprint density at radius 2 is 1.53 bits per heavy atom. The van der Waals surface area contributed by atoms with Gasteiger partial charge in [-0.2, -0.15) is 0 Å². The fourth-order valence-electron chi connectivity index (χ4n) is 5.68. The number of amides is 2. The van der Waals surface area contributed by atoms with Gasteiger partial charge in [0.25, 0.3) is 0 Å². The summed E-state index contributed by atoms with van der Waals surface area (Å²) in [5.41, 5.74) is 3.18. The van der Waals surface area contributed by atoms with Crippen molar-refractivity contribution in [3.63, 3.8) is 0 Å². The fourth-order valence-corrected chi connectivity index (χ4v) is 9.19. The van der Waals surface area contributed by atoms with Crippen molar-refractivity contribution in [3.8, 4) is 0 Å². The number of halogens is 1. The molecule has 0 spiro atoms. The Labute approximate surface area is 279 Å². The van der Waals surface area contributed by atoms with E-state index in [1.807, 2.05) is 61.0 Å². The topological polar surface area (TPSA) is 58.6 Å². The van der Waals surface area contributed by atoms with Gasteiger partial charge in [-0.15, -0.1) is 0 Å². The van der Waals surface area contributed by atoms with Gasteiger partial charge in [0.05, 0.1) is 24.0 Å². The predicted octanol–water partition coefficient (Wildman–Crippen LogP) is 7.88. The van der Waals surface area contributed by atoms with Gasteiger partial charge in [0, 0.05) is 16.2 Å². The van der Waals surface area contributed by atoms with Crippen molar-refractivity contribution in [1.29, 1.82) is 0 Å². The van der Waals surface area contributed by atoms with Crippen LogP contribution in [-0.4, -0.2) is 31.3 Å². The molecule has 2 amide bonds. The zero-order chi connectivity index (χ0) is 31.6. The van der Waals surface area contributed by atoms with Gasteiger partial charge in [-0.25, -0.2) is 19.7 Å². The van der Waals surface area contributed by atoms with Gasteiger partial charge >= 0.3 is 6.03 Å². The molecule has 1 aliphatic heterocycles. The van der Waals surface area contributed by atoms with Gasteiger partial charge in [-0.05, 0) is 67.8 Å². The summed E-state index contributed by atoms with van der Waals surface area (Å²) >= 11 is 5.11. The maximum Gasteiger partial charge on any atom is 0.335 e. The Kier molecular flexibility index (Phi) is 9.23.